The van der Waals surface area contributed by atoms with Gasteiger partial charge in [-0.05, 0) is 36.0 Å². The van der Waals surface area contributed by atoms with Crippen LogP contribution in [0.3, 0.4) is 0 Å². The van der Waals surface area contributed by atoms with E-state index in [2.05, 4.69) is 5.32 Å². The third kappa shape index (κ3) is 7.27. The summed E-state index contributed by atoms with van der Waals surface area (Å²) in [6.07, 6.45) is 0. The number of halogens is 4. The van der Waals surface area contributed by atoms with E-state index in [9.17, 15) is 17.6 Å². The summed E-state index contributed by atoms with van der Waals surface area (Å²) in [7, 11) is 0. The number of thioether (sulfide) groups is 1. The number of alkyl halides is 3. The third-order valence-electron chi connectivity index (χ3n) is 2.13. The Balaban J connectivity index is 2.46. The second-order valence-corrected chi connectivity index (χ2v) is 4.88. The summed E-state index contributed by atoms with van der Waals surface area (Å²) < 4.78 is 54.0. The summed E-state index contributed by atoms with van der Waals surface area (Å²) in [6, 6.07) is 4.14. The predicted molar refractivity (Wildman–Crippen MR) is 67.8 cm³/mol. The molecule has 0 heterocycles. The van der Waals surface area contributed by atoms with Gasteiger partial charge in [0.05, 0.1) is 6.61 Å². The van der Waals surface area contributed by atoms with E-state index in [1.807, 2.05) is 6.92 Å². The Morgan fingerprint density at radius 2 is 2.00 bits per heavy atom. The Morgan fingerprint density at radius 3 is 2.63 bits per heavy atom. The molecule has 0 aliphatic rings. The fourth-order valence-corrected chi connectivity index (χ4v) is 1.79. The summed E-state index contributed by atoms with van der Waals surface area (Å²) in [6.45, 7) is 3.04. The van der Waals surface area contributed by atoms with Gasteiger partial charge in [0, 0.05) is 18.4 Å². The van der Waals surface area contributed by atoms with Crippen LogP contribution in [0.4, 0.5) is 17.6 Å². The molecule has 0 amide bonds. The number of rotatable bonds is 7. The molecule has 0 saturated carbocycles. The Bertz CT molecular complexity index is 398. The van der Waals surface area contributed by atoms with Gasteiger partial charge in [0.15, 0.2) is 0 Å². The standard InChI is InChI=1S/C12H15F4NOS/c1-2-17-8-9-5-10(13)7-11(6-9)18-3-4-19-12(14,15)16/h5-7,17H,2-4,8H2,1H3. The fourth-order valence-electron chi connectivity index (χ4n) is 1.39. The first-order chi connectivity index (χ1) is 8.90. The van der Waals surface area contributed by atoms with E-state index in [-0.39, 0.29) is 29.9 Å². The molecule has 0 spiro atoms. The molecule has 2 nitrogen and oxygen atoms in total. The molecule has 0 saturated heterocycles. The molecule has 0 aromatic heterocycles. The van der Waals surface area contributed by atoms with Crippen LogP contribution in [0, 0.1) is 5.82 Å². The highest BCUT2D eigenvalue weighted by Gasteiger charge is 2.27. The molecule has 1 aromatic carbocycles. The average molecular weight is 297 g/mol. The quantitative estimate of drug-likeness (QED) is 0.614. The molecule has 19 heavy (non-hydrogen) atoms. The lowest BCUT2D eigenvalue weighted by atomic mass is 10.2. The fraction of sp³-hybridized carbons (Fsp3) is 0.500. The molecule has 0 aliphatic heterocycles. The van der Waals surface area contributed by atoms with E-state index < -0.39 is 11.3 Å². The normalized spacial score (nSPS) is 11.6. The number of hydrogen-bond acceptors (Lipinski definition) is 3. The summed E-state index contributed by atoms with van der Waals surface area (Å²) >= 11 is -0.156. The minimum absolute atomic E-state index is 0.117. The Hall–Kier alpha value is -0.950. The van der Waals surface area contributed by atoms with E-state index >= 15 is 0 Å². The molecule has 0 unspecified atom stereocenters. The highest BCUT2D eigenvalue weighted by molar-refractivity contribution is 8.00. The first-order valence-electron chi connectivity index (χ1n) is 5.74. The summed E-state index contributed by atoms with van der Waals surface area (Å²) in [5.41, 5.74) is -3.57. The maximum atomic E-state index is 13.3. The first-order valence-corrected chi connectivity index (χ1v) is 6.73. The lowest BCUT2D eigenvalue weighted by Crippen LogP contribution is -2.12. The lowest BCUT2D eigenvalue weighted by molar-refractivity contribution is -0.0329. The van der Waals surface area contributed by atoms with Crippen molar-refractivity contribution >= 4 is 11.8 Å². The number of ether oxygens (including phenoxy) is 1. The van der Waals surface area contributed by atoms with Crippen molar-refractivity contribution < 1.29 is 22.3 Å². The van der Waals surface area contributed by atoms with Gasteiger partial charge in [-0.15, -0.1) is 0 Å². The highest BCUT2D eigenvalue weighted by Crippen LogP contribution is 2.29. The molecule has 1 N–H and O–H groups in total. The largest absolute Gasteiger partial charge is 0.493 e. The van der Waals surface area contributed by atoms with Crippen molar-refractivity contribution in [1.29, 1.82) is 0 Å². The molecule has 0 fully saturated rings. The summed E-state index contributed by atoms with van der Waals surface area (Å²) in [5, 5.41) is 3.03. The Morgan fingerprint density at radius 1 is 1.26 bits per heavy atom. The van der Waals surface area contributed by atoms with Crippen LogP contribution in [0.5, 0.6) is 5.75 Å². The van der Waals surface area contributed by atoms with Crippen molar-refractivity contribution in [1.82, 2.24) is 5.32 Å². The maximum Gasteiger partial charge on any atom is 0.441 e. The first kappa shape index (κ1) is 16.1. The van der Waals surface area contributed by atoms with Crippen LogP contribution >= 0.6 is 11.8 Å². The van der Waals surface area contributed by atoms with E-state index in [1.54, 1.807) is 6.07 Å². The molecule has 108 valence electrons. The van der Waals surface area contributed by atoms with Crippen molar-refractivity contribution in [3.05, 3.63) is 29.6 Å². The van der Waals surface area contributed by atoms with E-state index in [0.29, 0.717) is 12.1 Å². The van der Waals surface area contributed by atoms with Crippen molar-refractivity contribution in [2.24, 2.45) is 0 Å². The zero-order valence-electron chi connectivity index (χ0n) is 10.4. The van der Waals surface area contributed by atoms with Gasteiger partial charge >= 0.3 is 5.51 Å². The van der Waals surface area contributed by atoms with Gasteiger partial charge in [-0.3, -0.25) is 0 Å². The average Bonchev–Trinajstić information content (AvgIpc) is 2.30. The number of benzene rings is 1. The van der Waals surface area contributed by atoms with E-state index in [4.69, 9.17) is 4.74 Å². The molecule has 0 atom stereocenters. The topological polar surface area (TPSA) is 21.3 Å². The summed E-state index contributed by atoms with van der Waals surface area (Å²) in [4.78, 5) is 0. The predicted octanol–water partition coefficient (Wildman–Crippen LogP) is 3.57. The van der Waals surface area contributed by atoms with Gasteiger partial charge < -0.3 is 10.1 Å². The van der Waals surface area contributed by atoms with Gasteiger partial charge in [0.1, 0.15) is 11.6 Å². The molecule has 0 radical (unpaired) electrons. The second kappa shape index (κ2) is 7.59. The van der Waals surface area contributed by atoms with Crippen molar-refractivity contribution in [3.8, 4) is 5.75 Å². The van der Waals surface area contributed by atoms with E-state index in [0.717, 1.165) is 12.6 Å². The maximum absolute atomic E-state index is 13.3. The highest BCUT2D eigenvalue weighted by atomic mass is 32.2. The number of nitrogens with one attached hydrogen (secondary N) is 1. The minimum atomic E-state index is -4.26. The van der Waals surface area contributed by atoms with E-state index in [1.165, 1.54) is 6.07 Å². The van der Waals surface area contributed by atoms with Gasteiger partial charge in [0.25, 0.3) is 0 Å². The van der Waals surface area contributed by atoms with Crippen LogP contribution in [-0.2, 0) is 6.54 Å². The van der Waals surface area contributed by atoms with Crippen molar-refractivity contribution in [2.75, 3.05) is 18.9 Å². The third-order valence-corrected chi connectivity index (χ3v) is 2.83. The Labute approximate surface area is 113 Å². The second-order valence-electron chi connectivity index (χ2n) is 3.72. The van der Waals surface area contributed by atoms with Gasteiger partial charge in [-0.1, -0.05) is 6.92 Å². The van der Waals surface area contributed by atoms with Crippen molar-refractivity contribution in [2.45, 2.75) is 19.0 Å². The van der Waals surface area contributed by atoms with Gasteiger partial charge in [-0.25, -0.2) is 4.39 Å². The molecule has 7 heteroatoms. The van der Waals surface area contributed by atoms with Crippen LogP contribution in [0.15, 0.2) is 18.2 Å². The smallest absolute Gasteiger partial charge is 0.441 e. The van der Waals surface area contributed by atoms with Gasteiger partial charge in [0.2, 0.25) is 0 Å². The molecule has 1 aromatic rings. The molecule has 1 rings (SSSR count). The molecular weight excluding hydrogens is 282 g/mol. The van der Waals surface area contributed by atoms with Crippen LogP contribution in [0.2, 0.25) is 0 Å². The molecule has 0 bridgehead atoms. The van der Waals surface area contributed by atoms with Gasteiger partial charge in [-0.2, -0.15) is 13.2 Å². The Kier molecular flexibility index (Phi) is 6.44. The van der Waals surface area contributed by atoms with Crippen LogP contribution in [0.1, 0.15) is 12.5 Å². The van der Waals surface area contributed by atoms with Crippen LogP contribution < -0.4 is 10.1 Å². The summed E-state index contributed by atoms with van der Waals surface area (Å²) in [5.74, 6) is -0.438. The van der Waals surface area contributed by atoms with Crippen molar-refractivity contribution in [3.63, 3.8) is 0 Å². The monoisotopic (exact) mass is 297 g/mol. The lowest BCUT2D eigenvalue weighted by Gasteiger charge is -2.10. The molecule has 0 aliphatic carbocycles. The molecular formula is C12H15F4NOS. The zero-order chi connectivity index (χ0) is 14.3. The SMILES string of the molecule is CCNCc1cc(F)cc(OCCSC(F)(F)F)c1. The minimum Gasteiger partial charge on any atom is -0.493 e. The number of hydrogen-bond donors (Lipinski definition) is 1. The van der Waals surface area contributed by atoms with Crippen LogP contribution in [-0.4, -0.2) is 24.4 Å². The zero-order valence-corrected chi connectivity index (χ0v) is 11.2. The van der Waals surface area contributed by atoms with Crippen LogP contribution in [0.25, 0.3) is 0 Å².